The van der Waals surface area contributed by atoms with Gasteiger partial charge in [-0.25, -0.2) is 13.6 Å². The van der Waals surface area contributed by atoms with Gasteiger partial charge in [0.1, 0.15) is 0 Å². The lowest BCUT2D eigenvalue weighted by Gasteiger charge is -2.08. The minimum atomic E-state index is -3.81. The van der Waals surface area contributed by atoms with E-state index < -0.39 is 10.0 Å². The molecule has 0 unspecified atom stereocenters. The molecule has 0 radical (unpaired) electrons. The van der Waals surface area contributed by atoms with Crippen molar-refractivity contribution >= 4 is 15.9 Å². The van der Waals surface area contributed by atoms with Crippen LogP contribution in [0.1, 0.15) is 28.8 Å². The summed E-state index contributed by atoms with van der Waals surface area (Å²) in [5.41, 5.74) is 0.960. The lowest BCUT2D eigenvalue weighted by atomic mass is 10.1. The third-order valence-electron chi connectivity index (χ3n) is 2.70. The number of methoxy groups -OCH3 is 1. The maximum atomic E-state index is 11.9. The summed E-state index contributed by atoms with van der Waals surface area (Å²) in [5, 5.41) is 7.81. The molecular formula is C13H20N2O4S. The van der Waals surface area contributed by atoms with Crippen LogP contribution in [0.15, 0.2) is 23.1 Å². The summed E-state index contributed by atoms with van der Waals surface area (Å²) in [6, 6.07) is 4.34. The molecule has 0 aliphatic heterocycles. The van der Waals surface area contributed by atoms with E-state index in [1.54, 1.807) is 20.1 Å². The van der Waals surface area contributed by atoms with Gasteiger partial charge in [0.05, 0.1) is 4.90 Å². The largest absolute Gasteiger partial charge is 0.385 e. The molecule has 6 nitrogen and oxygen atoms in total. The number of hydrogen-bond donors (Lipinski definition) is 2. The first-order valence-electron chi connectivity index (χ1n) is 6.26. The number of sulfonamides is 1. The van der Waals surface area contributed by atoms with E-state index in [1.807, 2.05) is 0 Å². The van der Waals surface area contributed by atoms with Crippen LogP contribution in [0.2, 0.25) is 0 Å². The van der Waals surface area contributed by atoms with Gasteiger partial charge in [-0.3, -0.25) is 4.79 Å². The molecule has 0 saturated heterocycles. The number of rotatable bonds is 7. The quantitative estimate of drug-likeness (QED) is 0.728. The van der Waals surface area contributed by atoms with Crippen molar-refractivity contribution < 1.29 is 17.9 Å². The van der Waals surface area contributed by atoms with Crippen LogP contribution >= 0.6 is 0 Å². The summed E-state index contributed by atoms with van der Waals surface area (Å²) >= 11 is 0. The first-order chi connectivity index (χ1) is 9.34. The Kier molecular flexibility index (Phi) is 6.12. The summed E-state index contributed by atoms with van der Waals surface area (Å²) in [4.78, 5) is 11.9. The van der Waals surface area contributed by atoms with Crippen LogP contribution in [-0.2, 0) is 14.8 Å². The molecule has 0 atom stereocenters. The topological polar surface area (TPSA) is 98.5 Å². The average Bonchev–Trinajstić information content (AvgIpc) is 2.36. The van der Waals surface area contributed by atoms with E-state index in [0.717, 1.165) is 12.8 Å². The lowest BCUT2D eigenvalue weighted by Crippen LogP contribution is -2.25. The molecule has 0 bridgehead atoms. The van der Waals surface area contributed by atoms with E-state index in [9.17, 15) is 13.2 Å². The van der Waals surface area contributed by atoms with E-state index in [2.05, 4.69) is 5.32 Å². The number of amides is 1. The van der Waals surface area contributed by atoms with Gasteiger partial charge < -0.3 is 10.1 Å². The number of unbranched alkanes of at least 4 members (excludes halogenated alkanes) is 1. The fraction of sp³-hybridized carbons (Fsp3) is 0.462. The second kappa shape index (κ2) is 7.37. The van der Waals surface area contributed by atoms with E-state index in [0.29, 0.717) is 24.3 Å². The van der Waals surface area contributed by atoms with Gasteiger partial charge in [-0.1, -0.05) is 0 Å². The van der Waals surface area contributed by atoms with Crippen LogP contribution in [0.3, 0.4) is 0 Å². The summed E-state index contributed by atoms with van der Waals surface area (Å²) in [7, 11) is -2.19. The predicted molar refractivity (Wildman–Crippen MR) is 76.0 cm³/mol. The first kappa shape index (κ1) is 16.6. The summed E-state index contributed by atoms with van der Waals surface area (Å²) in [5.74, 6) is -0.309. The van der Waals surface area contributed by atoms with E-state index in [-0.39, 0.29) is 10.8 Å². The van der Waals surface area contributed by atoms with Crippen molar-refractivity contribution in [3.63, 3.8) is 0 Å². The first-order valence-corrected chi connectivity index (χ1v) is 7.81. The standard InChI is InChI=1S/C13H20N2O4S/c1-10-7-11(9-12(8-10)20(14,17)18)13(16)15-5-3-4-6-19-2/h7-9H,3-6H2,1-2H3,(H,15,16)(H2,14,17,18). The molecule has 0 aliphatic carbocycles. The molecule has 20 heavy (non-hydrogen) atoms. The minimum Gasteiger partial charge on any atom is -0.385 e. The highest BCUT2D eigenvalue weighted by Gasteiger charge is 2.13. The number of primary sulfonamides is 1. The van der Waals surface area contributed by atoms with Gasteiger partial charge in [0.15, 0.2) is 0 Å². The zero-order chi connectivity index (χ0) is 15.2. The van der Waals surface area contributed by atoms with Gasteiger partial charge in [-0.05, 0) is 43.5 Å². The molecule has 0 heterocycles. The van der Waals surface area contributed by atoms with Gasteiger partial charge in [0, 0.05) is 25.8 Å². The third kappa shape index (κ3) is 5.28. The minimum absolute atomic E-state index is 0.0537. The van der Waals surface area contributed by atoms with E-state index in [1.165, 1.54) is 12.1 Å². The maximum Gasteiger partial charge on any atom is 0.251 e. The van der Waals surface area contributed by atoms with Crippen LogP contribution in [0.5, 0.6) is 0 Å². The Hall–Kier alpha value is -1.44. The van der Waals surface area contributed by atoms with E-state index in [4.69, 9.17) is 9.88 Å². The number of hydrogen-bond acceptors (Lipinski definition) is 4. The number of nitrogens with two attached hydrogens (primary N) is 1. The highest BCUT2D eigenvalue weighted by Crippen LogP contribution is 2.13. The maximum absolute atomic E-state index is 11.9. The lowest BCUT2D eigenvalue weighted by molar-refractivity contribution is 0.0951. The predicted octanol–water partition coefficient (Wildman–Crippen LogP) is 0.799. The van der Waals surface area contributed by atoms with Gasteiger partial charge in [-0.15, -0.1) is 0 Å². The summed E-state index contributed by atoms with van der Waals surface area (Å²) in [6.07, 6.45) is 1.65. The molecule has 0 saturated carbocycles. The average molecular weight is 300 g/mol. The van der Waals surface area contributed by atoms with Gasteiger partial charge in [0.2, 0.25) is 10.0 Å². The molecule has 1 rings (SSSR count). The van der Waals surface area contributed by atoms with Crippen LogP contribution in [0.25, 0.3) is 0 Å². The Morgan fingerprint density at radius 1 is 1.30 bits per heavy atom. The van der Waals surface area contributed by atoms with Crippen molar-refractivity contribution in [2.45, 2.75) is 24.7 Å². The highest BCUT2D eigenvalue weighted by atomic mass is 32.2. The van der Waals surface area contributed by atoms with Gasteiger partial charge in [-0.2, -0.15) is 0 Å². The smallest absolute Gasteiger partial charge is 0.251 e. The zero-order valence-corrected chi connectivity index (χ0v) is 12.5. The second-order valence-electron chi connectivity index (χ2n) is 4.54. The molecule has 0 aliphatic rings. The molecule has 1 amide bonds. The number of benzene rings is 1. The Morgan fingerprint density at radius 3 is 2.60 bits per heavy atom. The fourth-order valence-electron chi connectivity index (χ4n) is 1.72. The van der Waals surface area contributed by atoms with Crippen molar-refractivity contribution in [2.24, 2.45) is 5.14 Å². The Labute approximate surface area is 119 Å². The van der Waals surface area contributed by atoms with Crippen LogP contribution in [0, 0.1) is 6.92 Å². The molecule has 0 aromatic heterocycles. The van der Waals surface area contributed by atoms with Crippen molar-refractivity contribution in [2.75, 3.05) is 20.3 Å². The Bertz CT molecular complexity index is 570. The number of nitrogens with one attached hydrogen (secondary N) is 1. The SMILES string of the molecule is COCCCCNC(=O)c1cc(C)cc(S(N)(=O)=O)c1. The zero-order valence-electron chi connectivity index (χ0n) is 11.7. The normalized spacial score (nSPS) is 11.3. The Balaban J connectivity index is 2.71. The highest BCUT2D eigenvalue weighted by molar-refractivity contribution is 7.89. The van der Waals surface area contributed by atoms with Crippen molar-refractivity contribution in [1.82, 2.24) is 5.32 Å². The summed E-state index contributed by atoms with van der Waals surface area (Å²) in [6.45, 7) is 2.88. The van der Waals surface area contributed by atoms with Crippen LogP contribution in [0.4, 0.5) is 0 Å². The van der Waals surface area contributed by atoms with E-state index >= 15 is 0 Å². The molecule has 0 spiro atoms. The molecule has 1 aromatic carbocycles. The van der Waals surface area contributed by atoms with Gasteiger partial charge >= 0.3 is 0 Å². The molecular weight excluding hydrogens is 280 g/mol. The second-order valence-corrected chi connectivity index (χ2v) is 6.10. The fourth-order valence-corrected chi connectivity index (χ4v) is 2.36. The number of carbonyl (C=O) groups is 1. The van der Waals surface area contributed by atoms with Crippen LogP contribution in [-0.4, -0.2) is 34.6 Å². The van der Waals surface area contributed by atoms with Crippen LogP contribution < -0.4 is 10.5 Å². The number of ether oxygens (including phenoxy) is 1. The summed E-state index contributed by atoms with van der Waals surface area (Å²) < 4.78 is 27.6. The number of aryl methyl sites for hydroxylation is 1. The molecule has 0 fully saturated rings. The number of carbonyl (C=O) groups excluding carboxylic acids is 1. The molecule has 112 valence electrons. The Morgan fingerprint density at radius 2 is 2.00 bits per heavy atom. The van der Waals surface area contributed by atoms with Gasteiger partial charge in [0.25, 0.3) is 5.91 Å². The van der Waals surface area contributed by atoms with Crippen molar-refractivity contribution in [1.29, 1.82) is 0 Å². The van der Waals surface area contributed by atoms with Crippen molar-refractivity contribution in [3.8, 4) is 0 Å². The monoisotopic (exact) mass is 300 g/mol. The van der Waals surface area contributed by atoms with Crippen molar-refractivity contribution in [3.05, 3.63) is 29.3 Å². The molecule has 1 aromatic rings. The third-order valence-corrected chi connectivity index (χ3v) is 3.60. The molecule has 3 N–H and O–H groups in total. The molecule has 7 heteroatoms.